The van der Waals surface area contributed by atoms with Gasteiger partial charge in [-0.1, -0.05) is 32.6 Å². The monoisotopic (exact) mass is 334 g/mol. The van der Waals surface area contributed by atoms with E-state index < -0.39 is 14.4 Å². The average molecular weight is 334 g/mol. The van der Waals surface area contributed by atoms with Gasteiger partial charge in [0.15, 0.2) is 8.32 Å². The van der Waals surface area contributed by atoms with Crippen molar-refractivity contribution in [2.24, 2.45) is 0 Å². The van der Waals surface area contributed by atoms with Crippen LogP contribution in [0.15, 0.2) is 18.2 Å². The maximum Gasteiger partial charge on any atom is 0.405 e. The van der Waals surface area contributed by atoms with Crippen LogP contribution in [0.2, 0.25) is 18.1 Å². The molecule has 0 aliphatic carbocycles. The molecular weight excluding hydrogens is 308 g/mol. The third-order valence-electron chi connectivity index (χ3n) is 4.08. The number of nitrogens with two attached hydrogens (primary N) is 1. The Balaban J connectivity index is 2.89. The lowest BCUT2D eigenvalue weighted by atomic mass is 10.1. The molecule has 0 heterocycles. The van der Waals surface area contributed by atoms with Crippen LogP contribution in [0.25, 0.3) is 0 Å². The number of rotatable bonds is 4. The fraction of sp³-hybridized carbons (Fsp3) is 0.471. The van der Waals surface area contributed by atoms with Crippen LogP contribution in [0, 0.1) is 11.8 Å². The highest BCUT2D eigenvalue weighted by atomic mass is 28.4. The van der Waals surface area contributed by atoms with E-state index in [1.165, 1.54) is 0 Å². The fourth-order valence-electron chi connectivity index (χ4n) is 1.59. The van der Waals surface area contributed by atoms with Crippen molar-refractivity contribution in [2.75, 3.05) is 12.3 Å². The summed E-state index contributed by atoms with van der Waals surface area (Å²) in [7, 11) is -1.86. The van der Waals surface area contributed by atoms with Crippen molar-refractivity contribution in [1.82, 2.24) is 5.32 Å². The Hall–Kier alpha value is -1.97. The van der Waals surface area contributed by atoms with Crippen LogP contribution in [-0.2, 0) is 11.0 Å². The van der Waals surface area contributed by atoms with Gasteiger partial charge in [0.2, 0.25) is 0 Å². The highest BCUT2D eigenvalue weighted by molar-refractivity contribution is 6.74. The molecule has 5 nitrogen and oxygen atoms in total. The van der Waals surface area contributed by atoms with E-state index in [0.717, 1.165) is 11.1 Å². The third-order valence-corrected chi connectivity index (χ3v) is 8.55. The molecular formula is C17H26N2O3Si. The largest absolute Gasteiger partial charge is 0.465 e. The fourth-order valence-corrected chi connectivity index (χ4v) is 2.54. The quantitative estimate of drug-likeness (QED) is 0.447. The second kappa shape index (κ2) is 7.53. The molecule has 1 amide bonds. The lowest BCUT2D eigenvalue weighted by molar-refractivity contribution is 0.196. The molecule has 0 unspecified atom stereocenters. The van der Waals surface area contributed by atoms with Crippen molar-refractivity contribution < 1.29 is 14.3 Å². The standard InChI is InChI=1S/C17H26N2O3Si/c1-17(2,3)23(4,5)22-12-14-11-15(18)9-8-13(14)7-6-10-19-16(20)21/h8-9,11,19H,10,12,18H2,1-5H3,(H,20,21). The SMILES string of the molecule is CC(C)(C)[Si](C)(C)OCc1cc(N)ccc1C#CCNC(=O)O. The van der Waals surface area contributed by atoms with Gasteiger partial charge in [-0.25, -0.2) is 4.79 Å². The van der Waals surface area contributed by atoms with Crippen LogP contribution in [0.4, 0.5) is 10.5 Å². The minimum atomic E-state index is -1.86. The first-order chi connectivity index (χ1) is 10.5. The van der Waals surface area contributed by atoms with Gasteiger partial charge in [0, 0.05) is 11.3 Å². The van der Waals surface area contributed by atoms with Crippen LogP contribution in [0.1, 0.15) is 31.9 Å². The van der Waals surface area contributed by atoms with E-state index in [0.29, 0.717) is 12.3 Å². The maximum atomic E-state index is 10.4. The highest BCUT2D eigenvalue weighted by Gasteiger charge is 2.37. The van der Waals surface area contributed by atoms with Gasteiger partial charge in [0.25, 0.3) is 0 Å². The van der Waals surface area contributed by atoms with E-state index in [2.05, 4.69) is 51.0 Å². The molecule has 0 fully saturated rings. The molecule has 0 atom stereocenters. The van der Waals surface area contributed by atoms with Crippen LogP contribution in [-0.4, -0.2) is 26.1 Å². The smallest absolute Gasteiger partial charge is 0.405 e. The van der Waals surface area contributed by atoms with Gasteiger partial charge in [0.1, 0.15) is 0 Å². The minimum Gasteiger partial charge on any atom is -0.465 e. The van der Waals surface area contributed by atoms with Crippen molar-refractivity contribution in [3.8, 4) is 11.8 Å². The van der Waals surface area contributed by atoms with Crippen LogP contribution in [0.5, 0.6) is 0 Å². The zero-order chi connectivity index (χ0) is 17.7. The van der Waals surface area contributed by atoms with Crippen molar-refractivity contribution in [3.05, 3.63) is 29.3 Å². The van der Waals surface area contributed by atoms with E-state index in [-0.39, 0.29) is 11.6 Å². The highest BCUT2D eigenvalue weighted by Crippen LogP contribution is 2.37. The summed E-state index contributed by atoms with van der Waals surface area (Å²) in [5.74, 6) is 5.77. The molecule has 0 radical (unpaired) electrons. The molecule has 0 aromatic heterocycles. The molecule has 126 valence electrons. The van der Waals surface area contributed by atoms with Crippen LogP contribution >= 0.6 is 0 Å². The normalized spacial score (nSPS) is 11.5. The molecule has 0 aliphatic rings. The summed E-state index contributed by atoms with van der Waals surface area (Å²) >= 11 is 0. The molecule has 0 saturated carbocycles. The van der Waals surface area contributed by atoms with Crippen molar-refractivity contribution in [2.45, 2.75) is 45.5 Å². The maximum absolute atomic E-state index is 10.4. The second-order valence-electron chi connectivity index (χ2n) is 6.93. The van der Waals surface area contributed by atoms with E-state index in [9.17, 15) is 4.79 Å². The molecule has 6 heteroatoms. The number of amides is 1. The van der Waals surface area contributed by atoms with Gasteiger partial charge in [-0.05, 0) is 41.9 Å². The number of nitrogen functional groups attached to an aromatic ring is 1. The number of carbonyl (C=O) groups is 1. The molecule has 0 bridgehead atoms. The summed E-state index contributed by atoms with van der Waals surface area (Å²) in [5, 5.41) is 10.9. The summed E-state index contributed by atoms with van der Waals surface area (Å²) in [5.41, 5.74) is 8.26. The van der Waals surface area contributed by atoms with E-state index in [1.54, 1.807) is 6.07 Å². The average Bonchev–Trinajstić information content (AvgIpc) is 2.41. The van der Waals surface area contributed by atoms with E-state index in [4.69, 9.17) is 15.3 Å². The number of benzene rings is 1. The summed E-state index contributed by atoms with van der Waals surface area (Å²) < 4.78 is 6.23. The molecule has 23 heavy (non-hydrogen) atoms. The molecule has 0 saturated heterocycles. The van der Waals surface area contributed by atoms with Gasteiger partial charge >= 0.3 is 6.09 Å². The second-order valence-corrected chi connectivity index (χ2v) is 11.7. The van der Waals surface area contributed by atoms with Crippen molar-refractivity contribution in [1.29, 1.82) is 0 Å². The lowest BCUT2D eigenvalue weighted by Crippen LogP contribution is -2.40. The number of nitrogens with one attached hydrogen (secondary N) is 1. The Morgan fingerprint density at radius 2 is 2.04 bits per heavy atom. The first kappa shape index (κ1) is 19.1. The van der Waals surface area contributed by atoms with Crippen molar-refractivity contribution in [3.63, 3.8) is 0 Å². The summed E-state index contributed by atoms with van der Waals surface area (Å²) in [4.78, 5) is 10.4. The Morgan fingerprint density at radius 3 is 2.61 bits per heavy atom. The number of anilines is 1. The number of hydrogen-bond acceptors (Lipinski definition) is 3. The van der Waals surface area contributed by atoms with Crippen molar-refractivity contribution >= 4 is 20.1 Å². The molecule has 4 N–H and O–H groups in total. The van der Waals surface area contributed by atoms with E-state index in [1.807, 2.05) is 12.1 Å². The zero-order valence-corrected chi connectivity index (χ0v) is 15.5. The molecule has 1 aromatic carbocycles. The Morgan fingerprint density at radius 1 is 1.39 bits per heavy atom. The van der Waals surface area contributed by atoms with Gasteiger partial charge < -0.3 is 20.6 Å². The van der Waals surface area contributed by atoms with Crippen LogP contribution in [0.3, 0.4) is 0 Å². The Bertz CT molecular complexity index is 625. The first-order valence-corrected chi connectivity index (χ1v) is 10.4. The first-order valence-electron chi connectivity index (χ1n) is 7.51. The lowest BCUT2D eigenvalue weighted by Gasteiger charge is -2.36. The summed E-state index contributed by atoms with van der Waals surface area (Å²) in [6.07, 6.45) is -1.09. The zero-order valence-electron chi connectivity index (χ0n) is 14.5. The van der Waals surface area contributed by atoms with E-state index >= 15 is 0 Å². The number of carboxylic acid groups (broad SMARTS) is 1. The number of hydrogen-bond donors (Lipinski definition) is 3. The summed E-state index contributed by atoms with van der Waals surface area (Å²) in [6, 6.07) is 5.49. The minimum absolute atomic E-state index is 0.0856. The van der Waals surface area contributed by atoms with Gasteiger partial charge in [-0.2, -0.15) is 0 Å². The van der Waals surface area contributed by atoms with Gasteiger partial charge in [-0.15, -0.1) is 0 Å². The predicted molar refractivity (Wildman–Crippen MR) is 95.7 cm³/mol. The molecule has 1 aromatic rings. The Labute approximate surface area is 139 Å². The predicted octanol–water partition coefficient (Wildman–Crippen LogP) is 3.41. The topological polar surface area (TPSA) is 84.6 Å². The molecule has 0 aliphatic heterocycles. The van der Waals surface area contributed by atoms with Gasteiger partial charge in [-0.3, -0.25) is 0 Å². The Kier molecular flexibility index (Phi) is 6.25. The molecule has 1 rings (SSSR count). The van der Waals surface area contributed by atoms with Crippen LogP contribution < -0.4 is 11.1 Å². The third kappa shape index (κ3) is 5.97. The van der Waals surface area contributed by atoms with Gasteiger partial charge in [0.05, 0.1) is 13.2 Å². The molecule has 0 spiro atoms. The summed E-state index contributed by atoms with van der Waals surface area (Å²) in [6.45, 7) is 11.5.